The number of hydrogen-bond donors (Lipinski definition) is 2. The molecule has 32 heavy (non-hydrogen) atoms. The summed E-state index contributed by atoms with van der Waals surface area (Å²) in [5, 5.41) is 7.81. The van der Waals surface area contributed by atoms with Crippen LogP contribution in [0.2, 0.25) is 5.02 Å². The van der Waals surface area contributed by atoms with Gasteiger partial charge >= 0.3 is 0 Å². The molecule has 0 radical (unpaired) electrons. The van der Waals surface area contributed by atoms with E-state index in [0.29, 0.717) is 40.3 Å². The molecule has 0 aliphatic heterocycles. The van der Waals surface area contributed by atoms with Crippen LogP contribution < -0.4 is 14.9 Å². The molecule has 0 unspecified atom stereocenters. The Bertz CT molecular complexity index is 1280. The van der Waals surface area contributed by atoms with Gasteiger partial charge in [0.1, 0.15) is 6.61 Å². The number of H-pyrrole nitrogens is 1. The van der Waals surface area contributed by atoms with E-state index in [4.69, 9.17) is 33.3 Å². The molecule has 0 spiro atoms. The van der Waals surface area contributed by atoms with Gasteiger partial charge in [0.25, 0.3) is 0 Å². The van der Waals surface area contributed by atoms with Crippen molar-refractivity contribution in [3.8, 4) is 22.9 Å². The molecule has 2 heterocycles. The second kappa shape index (κ2) is 10.2. The number of halogens is 2. The van der Waals surface area contributed by atoms with Crippen LogP contribution in [0.15, 0.2) is 65.4 Å². The second-order valence-electron chi connectivity index (χ2n) is 6.70. The second-order valence-corrected chi connectivity index (χ2v) is 8.34. The van der Waals surface area contributed by atoms with Crippen LogP contribution in [0.1, 0.15) is 11.1 Å². The zero-order valence-corrected chi connectivity index (χ0v) is 20.2. The van der Waals surface area contributed by atoms with Crippen LogP contribution in [0.5, 0.6) is 11.5 Å². The Labute approximate surface area is 203 Å². The minimum absolute atomic E-state index is 0.299. The first-order valence-corrected chi connectivity index (χ1v) is 11.2. The number of pyridine rings is 1. The quantitative estimate of drug-likeness (QED) is 0.281. The monoisotopic (exact) mass is 531 g/mol. The van der Waals surface area contributed by atoms with Gasteiger partial charge in [-0.1, -0.05) is 45.7 Å². The van der Waals surface area contributed by atoms with E-state index >= 15 is 0 Å². The highest BCUT2D eigenvalue weighted by molar-refractivity contribution is 9.10. The summed E-state index contributed by atoms with van der Waals surface area (Å²) in [5.41, 5.74) is 5.94. The summed E-state index contributed by atoms with van der Waals surface area (Å²) in [4.78, 5) is 4.06. The fourth-order valence-electron chi connectivity index (χ4n) is 3.13. The predicted molar refractivity (Wildman–Crippen MR) is 130 cm³/mol. The molecular formula is C22H19BrClN5O2S. The van der Waals surface area contributed by atoms with Gasteiger partial charge in [-0.3, -0.25) is 4.98 Å². The molecule has 2 aromatic heterocycles. The average molecular weight is 533 g/mol. The Morgan fingerprint density at radius 1 is 1.16 bits per heavy atom. The van der Waals surface area contributed by atoms with Crippen molar-refractivity contribution in [3.05, 3.63) is 86.3 Å². The minimum atomic E-state index is 0.299. The lowest BCUT2D eigenvalue weighted by molar-refractivity contribution is 0.281. The maximum absolute atomic E-state index is 6.29. The third-order valence-electron chi connectivity index (χ3n) is 4.74. The van der Waals surface area contributed by atoms with Crippen LogP contribution in [0.25, 0.3) is 11.4 Å². The molecule has 2 aromatic carbocycles. The fraction of sp³-hybridized carbons (Fsp3) is 0.136. The van der Waals surface area contributed by atoms with E-state index in [-0.39, 0.29) is 0 Å². The molecule has 2 N–H and O–H groups in total. The zero-order valence-electron chi connectivity index (χ0n) is 17.0. The lowest BCUT2D eigenvalue weighted by Gasteiger charge is -2.18. The molecule has 0 fully saturated rings. The van der Waals surface area contributed by atoms with E-state index < -0.39 is 0 Å². The molecule has 4 aromatic rings. The van der Waals surface area contributed by atoms with Crippen molar-refractivity contribution in [3.63, 3.8) is 0 Å². The smallest absolute Gasteiger partial charge is 0.214 e. The van der Waals surface area contributed by atoms with Crippen LogP contribution >= 0.6 is 39.7 Å². The first-order chi connectivity index (χ1) is 15.6. The molecule has 0 aliphatic rings. The highest BCUT2D eigenvalue weighted by Crippen LogP contribution is 2.37. The van der Waals surface area contributed by atoms with Crippen molar-refractivity contribution in [2.24, 2.45) is 0 Å². The lowest BCUT2D eigenvalue weighted by atomic mass is 10.1. The number of rotatable bonds is 8. The number of hydrogen-bond acceptors (Lipinski definition) is 6. The van der Waals surface area contributed by atoms with Gasteiger partial charge in [0.15, 0.2) is 17.3 Å². The van der Waals surface area contributed by atoms with Crippen molar-refractivity contribution in [2.75, 3.05) is 12.5 Å². The van der Waals surface area contributed by atoms with Crippen LogP contribution in [0.3, 0.4) is 0 Å². The van der Waals surface area contributed by atoms with Crippen molar-refractivity contribution < 1.29 is 9.47 Å². The highest BCUT2D eigenvalue weighted by atomic mass is 79.9. The molecule has 7 nitrogen and oxygen atoms in total. The van der Waals surface area contributed by atoms with Crippen molar-refractivity contribution in [1.82, 2.24) is 19.9 Å². The average Bonchev–Trinajstić information content (AvgIpc) is 3.18. The Balaban J connectivity index is 1.63. The number of benzene rings is 2. The minimum Gasteiger partial charge on any atom is -0.493 e. The number of methoxy groups -OCH3 is 1. The van der Waals surface area contributed by atoms with Crippen LogP contribution in [0, 0.1) is 4.77 Å². The maximum Gasteiger partial charge on any atom is 0.214 e. The van der Waals surface area contributed by atoms with Gasteiger partial charge < -0.3 is 14.9 Å². The number of nitrogens with one attached hydrogen (secondary N) is 2. The van der Waals surface area contributed by atoms with Crippen LogP contribution in [0.4, 0.5) is 0 Å². The first kappa shape index (κ1) is 22.3. The number of nitrogens with zero attached hydrogens (tertiary/aromatic N) is 3. The van der Waals surface area contributed by atoms with Crippen molar-refractivity contribution in [2.45, 2.75) is 13.2 Å². The van der Waals surface area contributed by atoms with Gasteiger partial charge in [-0.05, 0) is 42.5 Å². The molecule has 10 heteroatoms. The molecule has 0 atom stereocenters. The highest BCUT2D eigenvalue weighted by Gasteiger charge is 2.17. The van der Waals surface area contributed by atoms with E-state index in [9.17, 15) is 0 Å². The Hall–Kier alpha value is -2.88. The molecule has 4 rings (SSSR count). The molecule has 164 valence electrons. The van der Waals surface area contributed by atoms with Gasteiger partial charge in [-0.25, -0.2) is 9.77 Å². The van der Waals surface area contributed by atoms with Crippen LogP contribution in [-0.4, -0.2) is 27.0 Å². The van der Waals surface area contributed by atoms with E-state index in [0.717, 1.165) is 21.2 Å². The van der Waals surface area contributed by atoms with E-state index in [1.54, 1.807) is 24.2 Å². The third kappa shape index (κ3) is 4.79. The molecule has 0 aliphatic carbocycles. The number of aromatic nitrogens is 4. The summed E-state index contributed by atoms with van der Waals surface area (Å²) in [6.45, 7) is 0.689. The van der Waals surface area contributed by atoms with Crippen molar-refractivity contribution in [1.29, 1.82) is 0 Å². The molecule has 0 amide bonds. The van der Waals surface area contributed by atoms with Gasteiger partial charge in [-0.15, -0.1) is 0 Å². The van der Waals surface area contributed by atoms with Crippen LogP contribution in [-0.2, 0) is 13.2 Å². The van der Waals surface area contributed by atoms with Gasteiger partial charge in [-0.2, -0.15) is 5.10 Å². The van der Waals surface area contributed by atoms with E-state index in [2.05, 4.69) is 36.5 Å². The Kier molecular flexibility index (Phi) is 7.09. The summed E-state index contributed by atoms with van der Waals surface area (Å²) in [6.07, 6.45) is 3.41. The van der Waals surface area contributed by atoms with Gasteiger partial charge in [0.2, 0.25) is 4.77 Å². The summed E-state index contributed by atoms with van der Waals surface area (Å²) in [5.74, 6) is 1.87. The number of ether oxygens (including phenoxy) is 2. The van der Waals surface area contributed by atoms with E-state index in [1.165, 1.54) is 0 Å². The third-order valence-corrected chi connectivity index (χ3v) is 6.13. The first-order valence-electron chi connectivity index (χ1n) is 9.61. The summed E-state index contributed by atoms with van der Waals surface area (Å²) in [7, 11) is 1.61. The molecular weight excluding hydrogens is 514 g/mol. The normalized spacial score (nSPS) is 10.7. The summed E-state index contributed by atoms with van der Waals surface area (Å²) in [6, 6.07) is 15.1. The van der Waals surface area contributed by atoms with Crippen molar-refractivity contribution >= 4 is 39.7 Å². The van der Waals surface area contributed by atoms with Gasteiger partial charge in [0, 0.05) is 38.6 Å². The standard InChI is InChI=1S/C22H19BrClN5O2S/c1-30-19-7-6-17(23)16(20(19)31-13-15-4-2-3-5-18(15)24)12-26-29-21(27-28-22(29)32)14-8-10-25-11-9-14/h2-11,26H,12-13H2,1H3,(H,28,32). The maximum atomic E-state index is 6.29. The Morgan fingerprint density at radius 3 is 2.69 bits per heavy atom. The SMILES string of the molecule is COc1ccc(Br)c(CNn2c(-c3ccncc3)n[nH]c2=S)c1OCc1ccccc1Cl. The molecule has 0 bridgehead atoms. The predicted octanol–water partition coefficient (Wildman–Crippen LogP) is 5.75. The zero-order chi connectivity index (χ0) is 22.5. The summed E-state index contributed by atoms with van der Waals surface area (Å²) >= 11 is 15.3. The lowest BCUT2D eigenvalue weighted by Crippen LogP contribution is -2.17. The largest absolute Gasteiger partial charge is 0.493 e. The van der Waals surface area contributed by atoms with Gasteiger partial charge in [0.05, 0.1) is 13.7 Å². The molecule has 0 saturated carbocycles. The topological polar surface area (TPSA) is 77.0 Å². The number of aromatic amines is 1. The fourth-order valence-corrected chi connectivity index (χ4v) is 3.97. The molecule has 0 saturated heterocycles. The summed E-state index contributed by atoms with van der Waals surface area (Å²) < 4.78 is 14.7. The van der Waals surface area contributed by atoms with E-state index in [1.807, 2.05) is 48.5 Å². The Morgan fingerprint density at radius 2 is 1.94 bits per heavy atom.